The number of nitrogens with zero attached hydrogens (tertiary/aromatic N) is 2. The molecule has 0 spiro atoms. The van der Waals surface area contributed by atoms with E-state index in [4.69, 9.17) is 0 Å². The quantitative estimate of drug-likeness (QED) is 0.653. The van der Waals surface area contributed by atoms with Crippen molar-refractivity contribution in [3.8, 4) is 0 Å². The second-order valence-corrected chi connectivity index (χ2v) is 9.77. The van der Waals surface area contributed by atoms with Gasteiger partial charge in [-0.25, -0.2) is 8.42 Å². The van der Waals surface area contributed by atoms with Crippen LogP contribution in [0.4, 0.5) is 5.69 Å². The van der Waals surface area contributed by atoms with Crippen LogP contribution in [0.25, 0.3) is 0 Å². The number of likely N-dealkylation sites (tertiary alicyclic amines) is 1. The number of piperidine rings is 1. The van der Waals surface area contributed by atoms with E-state index < -0.39 is 10.0 Å². The summed E-state index contributed by atoms with van der Waals surface area (Å²) in [7, 11) is -2.12. The molecule has 0 atom stereocenters. The number of nitrogens with one attached hydrogen (secondary N) is 1. The number of anilines is 1. The second-order valence-electron chi connectivity index (χ2n) is 7.80. The molecule has 1 heterocycles. The molecule has 0 aromatic heterocycles. The molecule has 7 heteroatoms. The van der Waals surface area contributed by atoms with Gasteiger partial charge in [-0.05, 0) is 81.7 Å². The average molecular weight is 430 g/mol. The Balaban J connectivity index is 1.59. The number of rotatable bonds is 8. The normalized spacial score (nSPS) is 15.0. The summed E-state index contributed by atoms with van der Waals surface area (Å²) in [6, 6.07) is 13.5. The van der Waals surface area contributed by atoms with Gasteiger partial charge in [0.1, 0.15) is 0 Å². The van der Waals surface area contributed by atoms with E-state index in [1.165, 1.54) is 30.6 Å². The first kappa shape index (κ1) is 22.3. The van der Waals surface area contributed by atoms with Crippen molar-refractivity contribution < 1.29 is 13.2 Å². The molecule has 1 fully saturated rings. The van der Waals surface area contributed by atoms with Gasteiger partial charge in [-0.3, -0.25) is 9.10 Å². The van der Waals surface area contributed by atoms with Gasteiger partial charge in [0, 0.05) is 19.2 Å². The van der Waals surface area contributed by atoms with Crippen LogP contribution < -0.4 is 9.62 Å². The zero-order valence-corrected chi connectivity index (χ0v) is 18.6. The summed E-state index contributed by atoms with van der Waals surface area (Å²) in [5, 5.41) is 2.97. The molecule has 0 saturated carbocycles. The smallest absolute Gasteiger partial charge is 0.264 e. The number of benzene rings is 2. The molecular formula is C23H31N3O3S. The van der Waals surface area contributed by atoms with Crippen molar-refractivity contribution in [2.45, 2.75) is 37.5 Å². The predicted molar refractivity (Wildman–Crippen MR) is 120 cm³/mol. The Kier molecular flexibility index (Phi) is 7.50. The zero-order chi connectivity index (χ0) is 21.6. The summed E-state index contributed by atoms with van der Waals surface area (Å²) in [6.07, 6.45) is 4.80. The molecule has 0 aliphatic carbocycles. The third-order valence-corrected chi connectivity index (χ3v) is 7.37. The number of sulfonamides is 1. The van der Waals surface area contributed by atoms with E-state index >= 15 is 0 Å². The van der Waals surface area contributed by atoms with E-state index in [0.29, 0.717) is 17.8 Å². The fourth-order valence-electron chi connectivity index (χ4n) is 3.82. The van der Waals surface area contributed by atoms with Crippen LogP contribution in [0.5, 0.6) is 0 Å². The van der Waals surface area contributed by atoms with Crippen LogP contribution in [0.2, 0.25) is 0 Å². The first-order chi connectivity index (χ1) is 14.4. The largest absolute Gasteiger partial charge is 0.352 e. The molecule has 1 amide bonds. The molecule has 1 saturated heterocycles. The van der Waals surface area contributed by atoms with Gasteiger partial charge in [-0.15, -0.1) is 0 Å². The van der Waals surface area contributed by atoms with E-state index in [-0.39, 0.29) is 10.8 Å². The topological polar surface area (TPSA) is 69.7 Å². The highest BCUT2D eigenvalue weighted by molar-refractivity contribution is 7.92. The number of aryl methyl sites for hydroxylation is 1. The SMILES string of the molecule is Cc1cc(C(=O)NCCCN2CCCCC2)ccc1N(C)S(=O)(=O)c1ccccc1. The van der Waals surface area contributed by atoms with Crippen molar-refractivity contribution in [1.29, 1.82) is 0 Å². The predicted octanol–water partition coefficient (Wildman–Crippen LogP) is 3.43. The summed E-state index contributed by atoms with van der Waals surface area (Å²) in [5.41, 5.74) is 1.83. The van der Waals surface area contributed by atoms with Crippen LogP contribution in [0, 0.1) is 6.92 Å². The van der Waals surface area contributed by atoms with Gasteiger partial charge in [0.25, 0.3) is 15.9 Å². The fourth-order valence-corrected chi connectivity index (χ4v) is 5.10. The lowest BCUT2D eigenvalue weighted by Crippen LogP contribution is -2.33. The van der Waals surface area contributed by atoms with Crippen molar-refractivity contribution in [1.82, 2.24) is 10.2 Å². The lowest BCUT2D eigenvalue weighted by molar-refractivity contribution is 0.0951. The molecule has 0 radical (unpaired) electrons. The minimum Gasteiger partial charge on any atom is -0.352 e. The molecule has 2 aromatic rings. The Morgan fingerprint density at radius 1 is 1.07 bits per heavy atom. The second kappa shape index (κ2) is 10.1. The van der Waals surface area contributed by atoms with Crippen molar-refractivity contribution in [3.63, 3.8) is 0 Å². The minimum absolute atomic E-state index is 0.128. The molecule has 1 aliphatic rings. The maximum absolute atomic E-state index is 12.9. The maximum atomic E-state index is 12.9. The van der Waals surface area contributed by atoms with Gasteiger partial charge in [0.05, 0.1) is 10.6 Å². The molecular weight excluding hydrogens is 398 g/mol. The molecule has 162 valence electrons. The number of carbonyl (C=O) groups is 1. The third kappa shape index (κ3) is 5.40. The van der Waals surface area contributed by atoms with Crippen molar-refractivity contribution >= 4 is 21.6 Å². The van der Waals surface area contributed by atoms with Gasteiger partial charge in [-0.2, -0.15) is 0 Å². The number of hydrogen-bond donors (Lipinski definition) is 1. The maximum Gasteiger partial charge on any atom is 0.264 e. The molecule has 1 N–H and O–H groups in total. The molecule has 0 bridgehead atoms. The molecule has 6 nitrogen and oxygen atoms in total. The van der Waals surface area contributed by atoms with Gasteiger partial charge < -0.3 is 10.2 Å². The fraction of sp³-hybridized carbons (Fsp3) is 0.435. The van der Waals surface area contributed by atoms with E-state index in [9.17, 15) is 13.2 Å². The Labute approximate surface area is 179 Å². The lowest BCUT2D eigenvalue weighted by Gasteiger charge is -2.26. The van der Waals surface area contributed by atoms with Crippen LogP contribution in [-0.2, 0) is 10.0 Å². The molecule has 3 rings (SSSR count). The van der Waals surface area contributed by atoms with Gasteiger partial charge in [0.2, 0.25) is 0 Å². The van der Waals surface area contributed by atoms with E-state index in [1.807, 2.05) is 6.92 Å². The number of hydrogen-bond acceptors (Lipinski definition) is 4. The molecule has 1 aliphatic heterocycles. The van der Waals surface area contributed by atoms with Gasteiger partial charge in [0.15, 0.2) is 0 Å². The van der Waals surface area contributed by atoms with E-state index in [2.05, 4.69) is 10.2 Å². The minimum atomic E-state index is -3.65. The summed E-state index contributed by atoms with van der Waals surface area (Å²) < 4.78 is 27.0. The Morgan fingerprint density at radius 2 is 1.77 bits per heavy atom. The zero-order valence-electron chi connectivity index (χ0n) is 17.8. The van der Waals surface area contributed by atoms with Crippen molar-refractivity contribution in [2.75, 3.05) is 37.5 Å². The van der Waals surface area contributed by atoms with Crippen LogP contribution in [-0.4, -0.2) is 52.5 Å². The summed E-state index contributed by atoms with van der Waals surface area (Å²) in [4.78, 5) is 15.2. The van der Waals surface area contributed by atoms with Gasteiger partial charge >= 0.3 is 0 Å². The first-order valence-electron chi connectivity index (χ1n) is 10.5. The number of carbonyl (C=O) groups excluding carboxylic acids is 1. The Hall–Kier alpha value is -2.38. The highest BCUT2D eigenvalue weighted by Gasteiger charge is 2.22. The summed E-state index contributed by atoms with van der Waals surface area (Å²) in [5.74, 6) is -0.128. The Bertz CT molecular complexity index is 955. The standard InChI is InChI=1S/C23H31N3O3S/c1-19-18-20(23(27)24-14-9-17-26-15-7-4-8-16-26)12-13-22(19)25(2)30(28,29)21-10-5-3-6-11-21/h3,5-6,10-13,18H,4,7-9,14-17H2,1-2H3,(H,24,27). The molecule has 2 aromatic carbocycles. The average Bonchev–Trinajstić information content (AvgIpc) is 2.77. The third-order valence-electron chi connectivity index (χ3n) is 5.59. The van der Waals surface area contributed by atoms with E-state index in [1.54, 1.807) is 48.5 Å². The number of amides is 1. The first-order valence-corrected chi connectivity index (χ1v) is 12.0. The van der Waals surface area contributed by atoms with Crippen LogP contribution in [0.1, 0.15) is 41.6 Å². The van der Waals surface area contributed by atoms with E-state index in [0.717, 1.165) is 31.6 Å². The van der Waals surface area contributed by atoms with Gasteiger partial charge in [-0.1, -0.05) is 24.6 Å². The molecule has 0 unspecified atom stereocenters. The highest BCUT2D eigenvalue weighted by Crippen LogP contribution is 2.26. The van der Waals surface area contributed by atoms with Crippen molar-refractivity contribution in [3.05, 3.63) is 59.7 Å². The molecule has 30 heavy (non-hydrogen) atoms. The van der Waals surface area contributed by atoms with Crippen LogP contribution >= 0.6 is 0 Å². The highest BCUT2D eigenvalue weighted by atomic mass is 32.2. The lowest BCUT2D eigenvalue weighted by atomic mass is 10.1. The Morgan fingerprint density at radius 3 is 2.43 bits per heavy atom. The van der Waals surface area contributed by atoms with Crippen LogP contribution in [0.3, 0.4) is 0 Å². The summed E-state index contributed by atoms with van der Waals surface area (Å²) in [6.45, 7) is 5.79. The summed E-state index contributed by atoms with van der Waals surface area (Å²) >= 11 is 0. The van der Waals surface area contributed by atoms with Crippen LogP contribution in [0.15, 0.2) is 53.4 Å². The monoisotopic (exact) mass is 429 g/mol. The van der Waals surface area contributed by atoms with Crippen molar-refractivity contribution in [2.24, 2.45) is 0 Å².